The summed E-state index contributed by atoms with van der Waals surface area (Å²) < 4.78 is 5.16. The largest absolute Gasteiger partial charge is 0.479 e. The lowest BCUT2D eigenvalue weighted by Crippen LogP contribution is -2.63. The molecule has 2 rings (SSSR count). The van der Waals surface area contributed by atoms with Crippen molar-refractivity contribution >= 4 is 11.9 Å². The second-order valence-corrected chi connectivity index (χ2v) is 5.51. The molecule has 0 saturated carbocycles. The summed E-state index contributed by atoms with van der Waals surface area (Å²) in [6, 6.07) is 0. The van der Waals surface area contributed by atoms with Crippen LogP contribution in [0.1, 0.15) is 39.0 Å². The Morgan fingerprint density at radius 2 is 2.21 bits per heavy atom. The smallest absolute Gasteiger partial charge is 0.331 e. The fraction of sp³-hybridized carbons (Fsp3) is 0.846. The molecule has 0 aromatic carbocycles. The fourth-order valence-corrected chi connectivity index (χ4v) is 2.98. The van der Waals surface area contributed by atoms with E-state index in [4.69, 9.17) is 4.74 Å². The van der Waals surface area contributed by atoms with Crippen LogP contribution in [0.3, 0.4) is 0 Å². The molecule has 2 aliphatic rings. The maximum Gasteiger partial charge on any atom is 0.331 e. The first kappa shape index (κ1) is 14.3. The standard InChI is InChI=1S/C13H22N2O4/c1-2-4-12(5-3-7-14-12)10(16)15-13(11(17)18)6-8-19-9-13/h14H,2-9H2,1H3,(H,15,16)(H,17,18). The number of aliphatic carboxylic acids is 1. The van der Waals surface area contributed by atoms with Gasteiger partial charge in [-0.25, -0.2) is 4.79 Å². The molecule has 0 radical (unpaired) electrons. The molecule has 0 bridgehead atoms. The summed E-state index contributed by atoms with van der Waals surface area (Å²) in [5.41, 5.74) is -1.85. The molecule has 2 fully saturated rings. The van der Waals surface area contributed by atoms with Crippen LogP contribution < -0.4 is 10.6 Å². The third-order valence-electron chi connectivity index (χ3n) is 4.14. The Labute approximate surface area is 112 Å². The van der Waals surface area contributed by atoms with Crippen molar-refractivity contribution in [3.8, 4) is 0 Å². The average Bonchev–Trinajstić information content (AvgIpc) is 3.00. The number of carbonyl (C=O) groups is 2. The Kier molecular flexibility index (Phi) is 4.10. The van der Waals surface area contributed by atoms with Gasteiger partial charge in [0.1, 0.15) is 0 Å². The zero-order valence-corrected chi connectivity index (χ0v) is 11.3. The first-order valence-corrected chi connectivity index (χ1v) is 6.93. The molecule has 2 heterocycles. The zero-order valence-electron chi connectivity index (χ0n) is 11.3. The highest BCUT2D eigenvalue weighted by molar-refractivity contribution is 5.92. The van der Waals surface area contributed by atoms with E-state index in [1.54, 1.807) is 0 Å². The average molecular weight is 270 g/mol. The number of nitrogens with one attached hydrogen (secondary N) is 2. The van der Waals surface area contributed by atoms with Gasteiger partial charge in [-0.3, -0.25) is 4.79 Å². The Balaban J connectivity index is 2.12. The highest BCUT2D eigenvalue weighted by Gasteiger charge is 2.48. The minimum atomic E-state index is -1.25. The van der Waals surface area contributed by atoms with E-state index in [0.717, 1.165) is 32.2 Å². The van der Waals surface area contributed by atoms with Gasteiger partial charge in [-0.15, -0.1) is 0 Å². The van der Waals surface area contributed by atoms with Crippen molar-refractivity contribution in [2.24, 2.45) is 0 Å². The Bertz CT molecular complexity index is 358. The maximum absolute atomic E-state index is 12.5. The van der Waals surface area contributed by atoms with Gasteiger partial charge >= 0.3 is 5.97 Å². The predicted octanol–water partition coefficient (Wildman–Crippen LogP) is 0.269. The van der Waals surface area contributed by atoms with Crippen LogP contribution in [-0.2, 0) is 14.3 Å². The van der Waals surface area contributed by atoms with Crippen LogP contribution in [-0.4, -0.2) is 47.8 Å². The molecular weight excluding hydrogens is 248 g/mol. The Hall–Kier alpha value is -1.14. The topological polar surface area (TPSA) is 87.7 Å². The van der Waals surface area contributed by atoms with E-state index in [1.165, 1.54) is 0 Å². The number of hydrogen-bond acceptors (Lipinski definition) is 4. The van der Waals surface area contributed by atoms with Gasteiger partial charge in [0.15, 0.2) is 5.54 Å². The lowest BCUT2D eigenvalue weighted by Gasteiger charge is -2.33. The predicted molar refractivity (Wildman–Crippen MR) is 68.8 cm³/mol. The monoisotopic (exact) mass is 270 g/mol. The molecule has 2 atom stereocenters. The molecule has 0 spiro atoms. The van der Waals surface area contributed by atoms with Crippen LogP contribution in [0.25, 0.3) is 0 Å². The van der Waals surface area contributed by atoms with Crippen LogP contribution in [0.15, 0.2) is 0 Å². The SMILES string of the molecule is CCCC1(C(=O)NC2(C(=O)O)CCOC2)CCCN1. The number of ether oxygens (including phenoxy) is 1. The van der Waals surface area contributed by atoms with E-state index in [-0.39, 0.29) is 12.5 Å². The van der Waals surface area contributed by atoms with Crippen molar-refractivity contribution in [3.05, 3.63) is 0 Å². The number of amides is 1. The molecule has 108 valence electrons. The van der Waals surface area contributed by atoms with Crippen LogP contribution in [0.4, 0.5) is 0 Å². The quantitative estimate of drug-likeness (QED) is 0.667. The molecule has 0 aromatic rings. The van der Waals surface area contributed by atoms with Crippen molar-refractivity contribution in [2.45, 2.75) is 50.1 Å². The summed E-state index contributed by atoms with van der Waals surface area (Å²) in [6.07, 6.45) is 3.66. The van der Waals surface area contributed by atoms with E-state index in [2.05, 4.69) is 10.6 Å². The van der Waals surface area contributed by atoms with Crippen LogP contribution >= 0.6 is 0 Å². The minimum Gasteiger partial charge on any atom is -0.479 e. The molecule has 3 N–H and O–H groups in total. The van der Waals surface area contributed by atoms with Gasteiger partial charge in [0.2, 0.25) is 5.91 Å². The normalized spacial score (nSPS) is 34.4. The van der Waals surface area contributed by atoms with Crippen LogP contribution in [0.2, 0.25) is 0 Å². The second kappa shape index (κ2) is 5.46. The lowest BCUT2D eigenvalue weighted by molar-refractivity contribution is -0.148. The highest BCUT2D eigenvalue weighted by Crippen LogP contribution is 2.27. The first-order chi connectivity index (χ1) is 9.05. The number of carbonyl (C=O) groups excluding carboxylic acids is 1. The third kappa shape index (κ3) is 2.60. The van der Waals surface area contributed by atoms with Crippen molar-refractivity contribution in [2.75, 3.05) is 19.8 Å². The second-order valence-electron chi connectivity index (χ2n) is 5.51. The van der Waals surface area contributed by atoms with Crippen molar-refractivity contribution in [1.82, 2.24) is 10.6 Å². The minimum absolute atomic E-state index is 0.0519. The molecule has 2 unspecified atom stereocenters. The van der Waals surface area contributed by atoms with Crippen LogP contribution in [0.5, 0.6) is 0 Å². The molecule has 0 aromatic heterocycles. The van der Waals surface area contributed by atoms with E-state index in [9.17, 15) is 14.7 Å². The van der Waals surface area contributed by atoms with Crippen molar-refractivity contribution in [1.29, 1.82) is 0 Å². The van der Waals surface area contributed by atoms with Crippen molar-refractivity contribution < 1.29 is 19.4 Å². The molecule has 2 saturated heterocycles. The van der Waals surface area contributed by atoms with Gasteiger partial charge in [-0.2, -0.15) is 0 Å². The molecule has 0 aliphatic carbocycles. The van der Waals surface area contributed by atoms with E-state index in [0.29, 0.717) is 13.0 Å². The summed E-state index contributed by atoms with van der Waals surface area (Å²) in [5, 5.41) is 15.3. The number of hydrogen-bond donors (Lipinski definition) is 3. The van der Waals surface area contributed by atoms with Gasteiger partial charge in [0.05, 0.1) is 12.1 Å². The molecule has 6 nitrogen and oxygen atoms in total. The third-order valence-corrected chi connectivity index (χ3v) is 4.14. The van der Waals surface area contributed by atoms with Gasteiger partial charge in [-0.05, 0) is 25.8 Å². The summed E-state index contributed by atoms with van der Waals surface area (Å²) in [4.78, 5) is 24.0. The number of rotatable bonds is 5. The van der Waals surface area contributed by atoms with Crippen molar-refractivity contribution in [3.63, 3.8) is 0 Å². The molecule has 19 heavy (non-hydrogen) atoms. The summed E-state index contributed by atoms with van der Waals surface area (Å²) in [6.45, 7) is 3.27. The van der Waals surface area contributed by atoms with Gasteiger partial charge < -0.3 is 20.5 Å². The van der Waals surface area contributed by atoms with Crippen LogP contribution in [0, 0.1) is 0 Å². The molecular formula is C13H22N2O4. The summed E-state index contributed by atoms with van der Waals surface area (Å²) >= 11 is 0. The van der Waals surface area contributed by atoms with E-state index in [1.807, 2.05) is 6.92 Å². The van der Waals surface area contributed by atoms with Gasteiger partial charge in [0.25, 0.3) is 0 Å². The maximum atomic E-state index is 12.5. The van der Waals surface area contributed by atoms with Gasteiger partial charge in [0, 0.05) is 13.0 Å². The highest BCUT2D eigenvalue weighted by atomic mass is 16.5. The number of carboxylic acid groups (broad SMARTS) is 1. The molecule has 2 aliphatic heterocycles. The molecule has 1 amide bonds. The summed E-state index contributed by atoms with van der Waals surface area (Å²) in [5.74, 6) is -1.21. The zero-order chi connectivity index (χ0) is 13.9. The molecule has 6 heteroatoms. The fourth-order valence-electron chi connectivity index (χ4n) is 2.98. The number of carboxylic acids is 1. The van der Waals surface area contributed by atoms with E-state index >= 15 is 0 Å². The lowest BCUT2D eigenvalue weighted by atomic mass is 9.88. The Morgan fingerprint density at radius 3 is 2.68 bits per heavy atom. The Morgan fingerprint density at radius 1 is 1.42 bits per heavy atom. The summed E-state index contributed by atoms with van der Waals surface area (Å²) in [7, 11) is 0. The van der Waals surface area contributed by atoms with E-state index < -0.39 is 17.0 Å². The van der Waals surface area contributed by atoms with Gasteiger partial charge in [-0.1, -0.05) is 13.3 Å². The first-order valence-electron chi connectivity index (χ1n) is 6.93.